The lowest BCUT2D eigenvalue weighted by Crippen LogP contribution is -2.48. The molecule has 0 spiro atoms. The first-order valence-corrected chi connectivity index (χ1v) is 11.7. The van der Waals surface area contributed by atoms with Gasteiger partial charge in [0.25, 0.3) is 0 Å². The average molecular weight is 462 g/mol. The minimum Gasteiger partial charge on any atom is -0.373 e. The summed E-state index contributed by atoms with van der Waals surface area (Å²) in [4.78, 5) is 37.2. The summed E-state index contributed by atoms with van der Waals surface area (Å²) in [5.41, 5.74) is 5.35. The van der Waals surface area contributed by atoms with Crippen LogP contribution in [-0.4, -0.2) is 77.6 Å². The molecule has 1 amide bonds. The molecule has 1 saturated heterocycles. The normalized spacial score (nSPS) is 15.8. The van der Waals surface area contributed by atoms with E-state index >= 15 is 0 Å². The van der Waals surface area contributed by atoms with Crippen molar-refractivity contribution in [1.82, 2.24) is 24.8 Å². The molecular weight excluding hydrogens is 430 g/mol. The summed E-state index contributed by atoms with van der Waals surface area (Å²) >= 11 is 0. The Bertz CT molecular complexity index is 1150. The van der Waals surface area contributed by atoms with Gasteiger partial charge in [-0.15, -0.1) is 0 Å². The molecule has 34 heavy (non-hydrogen) atoms. The first kappa shape index (κ1) is 22.0. The third-order valence-electron chi connectivity index (χ3n) is 6.52. The lowest BCUT2D eigenvalue weighted by Gasteiger charge is -2.35. The van der Waals surface area contributed by atoms with Crippen LogP contribution >= 0.6 is 0 Å². The van der Waals surface area contributed by atoms with Crippen LogP contribution in [0.15, 0.2) is 36.8 Å². The van der Waals surface area contributed by atoms with Crippen LogP contribution in [0, 0.1) is 0 Å². The molecule has 10 heteroatoms. The summed E-state index contributed by atoms with van der Waals surface area (Å²) in [6.45, 7) is 6.46. The van der Waals surface area contributed by atoms with E-state index in [0.717, 1.165) is 80.0 Å². The molecule has 1 aromatic carbocycles. The van der Waals surface area contributed by atoms with Gasteiger partial charge in [-0.05, 0) is 24.3 Å². The zero-order valence-electron chi connectivity index (χ0n) is 20.0. The Kier molecular flexibility index (Phi) is 5.95. The van der Waals surface area contributed by atoms with E-state index in [0.29, 0.717) is 5.95 Å². The topological polar surface area (TPSA) is 96.5 Å². The van der Waals surface area contributed by atoms with Gasteiger partial charge >= 0.3 is 0 Å². The largest absolute Gasteiger partial charge is 0.373 e. The fraction of sp³-hybridized carbons (Fsp3) is 0.417. The quantitative estimate of drug-likeness (QED) is 0.597. The minimum absolute atomic E-state index is 0.147. The molecule has 10 nitrogen and oxygen atoms in total. The number of piperazine rings is 1. The van der Waals surface area contributed by atoms with Gasteiger partial charge < -0.3 is 29.9 Å². The number of fused-ring (bicyclic) bond motifs is 1. The van der Waals surface area contributed by atoms with E-state index in [-0.39, 0.29) is 5.91 Å². The van der Waals surface area contributed by atoms with Crippen LogP contribution in [-0.2, 0) is 17.8 Å². The molecule has 178 valence electrons. The lowest BCUT2D eigenvalue weighted by molar-refractivity contribution is -0.129. The van der Waals surface area contributed by atoms with Crippen LogP contribution in [0.2, 0.25) is 0 Å². The summed E-state index contributed by atoms with van der Waals surface area (Å²) in [6.07, 6.45) is 4.53. The molecule has 0 atom stereocenters. The smallest absolute Gasteiger partial charge is 0.229 e. The van der Waals surface area contributed by atoms with Crippen molar-refractivity contribution >= 4 is 34.7 Å². The Balaban J connectivity index is 1.30. The van der Waals surface area contributed by atoms with Gasteiger partial charge in [0.05, 0.1) is 36.1 Å². The standard InChI is InChI=1S/C24H31N9O/c1-17(34)31-10-12-32(13-11-31)19-6-4-18(5-7-19)28-24-25-14-22(30(2)3)23(29-24)33-9-8-20-21(15-33)27-16-26-20/h4-7,14,16H,8-13,15H2,1-3H3,(H,26,27)(H,25,28,29). The van der Waals surface area contributed by atoms with E-state index in [1.807, 2.05) is 42.2 Å². The molecule has 0 radical (unpaired) electrons. The number of aromatic amines is 1. The van der Waals surface area contributed by atoms with Gasteiger partial charge in [0.15, 0.2) is 5.82 Å². The zero-order valence-corrected chi connectivity index (χ0v) is 20.0. The summed E-state index contributed by atoms with van der Waals surface area (Å²) < 4.78 is 0. The van der Waals surface area contributed by atoms with Crippen molar-refractivity contribution in [3.63, 3.8) is 0 Å². The minimum atomic E-state index is 0.147. The third kappa shape index (κ3) is 4.48. The van der Waals surface area contributed by atoms with Gasteiger partial charge in [0.2, 0.25) is 11.9 Å². The van der Waals surface area contributed by atoms with E-state index in [2.05, 4.69) is 42.2 Å². The highest BCUT2D eigenvalue weighted by Crippen LogP contribution is 2.31. The predicted octanol–water partition coefficient (Wildman–Crippen LogP) is 2.24. The van der Waals surface area contributed by atoms with Crippen molar-refractivity contribution in [2.45, 2.75) is 19.9 Å². The molecule has 0 saturated carbocycles. The van der Waals surface area contributed by atoms with Gasteiger partial charge in [0.1, 0.15) is 0 Å². The van der Waals surface area contributed by atoms with Gasteiger partial charge in [-0.3, -0.25) is 4.79 Å². The van der Waals surface area contributed by atoms with E-state index < -0.39 is 0 Å². The van der Waals surface area contributed by atoms with E-state index in [9.17, 15) is 4.79 Å². The van der Waals surface area contributed by atoms with E-state index in [1.54, 1.807) is 13.3 Å². The average Bonchev–Trinajstić information content (AvgIpc) is 3.32. The third-order valence-corrected chi connectivity index (χ3v) is 6.52. The van der Waals surface area contributed by atoms with Gasteiger partial charge in [-0.1, -0.05) is 0 Å². The van der Waals surface area contributed by atoms with Gasteiger partial charge in [-0.2, -0.15) is 4.98 Å². The van der Waals surface area contributed by atoms with Crippen LogP contribution in [0.4, 0.5) is 28.8 Å². The maximum Gasteiger partial charge on any atom is 0.229 e. The maximum absolute atomic E-state index is 11.6. The van der Waals surface area contributed by atoms with Crippen LogP contribution in [0.1, 0.15) is 18.3 Å². The number of hydrogen-bond donors (Lipinski definition) is 2. The van der Waals surface area contributed by atoms with Crippen LogP contribution in [0.5, 0.6) is 0 Å². The Hall–Kier alpha value is -3.82. The van der Waals surface area contributed by atoms with Gasteiger partial charge in [-0.25, -0.2) is 9.97 Å². The molecule has 2 N–H and O–H groups in total. The molecule has 0 aliphatic carbocycles. The SMILES string of the molecule is CC(=O)N1CCN(c2ccc(Nc3ncc(N(C)C)c(N4CCc5nc[nH]c5C4)n3)cc2)CC1. The fourth-order valence-electron chi connectivity index (χ4n) is 4.53. The van der Waals surface area contributed by atoms with Crippen molar-refractivity contribution in [3.05, 3.63) is 48.2 Å². The molecule has 4 heterocycles. The van der Waals surface area contributed by atoms with Crippen LogP contribution in [0.25, 0.3) is 0 Å². The Morgan fingerprint density at radius 1 is 1.03 bits per heavy atom. The van der Waals surface area contributed by atoms with E-state index in [1.165, 1.54) is 0 Å². The Labute approximate surface area is 199 Å². The molecule has 5 rings (SSSR count). The molecule has 0 unspecified atom stereocenters. The molecule has 2 aliphatic rings. The molecule has 3 aromatic rings. The number of amides is 1. The number of rotatable bonds is 5. The second-order valence-electron chi connectivity index (χ2n) is 8.96. The number of anilines is 5. The Morgan fingerprint density at radius 2 is 1.79 bits per heavy atom. The first-order chi connectivity index (χ1) is 16.5. The van der Waals surface area contributed by atoms with Crippen molar-refractivity contribution in [2.75, 3.05) is 66.8 Å². The molecule has 1 fully saturated rings. The Morgan fingerprint density at radius 3 is 2.50 bits per heavy atom. The lowest BCUT2D eigenvalue weighted by atomic mass is 10.1. The van der Waals surface area contributed by atoms with Crippen molar-refractivity contribution in [1.29, 1.82) is 0 Å². The highest BCUT2D eigenvalue weighted by atomic mass is 16.2. The zero-order chi connectivity index (χ0) is 23.7. The summed E-state index contributed by atoms with van der Waals surface area (Å²) in [5.74, 6) is 1.62. The first-order valence-electron chi connectivity index (χ1n) is 11.7. The second kappa shape index (κ2) is 9.20. The number of benzene rings is 1. The highest BCUT2D eigenvalue weighted by molar-refractivity contribution is 5.73. The number of nitrogens with one attached hydrogen (secondary N) is 2. The number of carbonyl (C=O) groups excluding carboxylic acids is 1. The molecular formula is C24H31N9O. The highest BCUT2D eigenvalue weighted by Gasteiger charge is 2.23. The summed E-state index contributed by atoms with van der Waals surface area (Å²) in [5, 5.41) is 3.36. The number of nitrogens with zero attached hydrogens (tertiary/aromatic N) is 7. The summed E-state index contributed by atoms with van der Waals surface area (Å²) in [7, 11) is 4.02. The number of hydrogen-bond acceptors (Lipinski definition) is 8. The summed E-state index contributed by atoms with van der Waals surface area (Å²) in [6, 6.07) is 8.30. The van der Waals surface area contributed by atoms with Crippen molar-refractivity contribution in [2.24, 2.45) is 0 Å². The number of carbonyl (C=O) groups is 1. The fourth-order valence-corrected chi connectivity index (χ4v) is 4.53. The molecule has 0 bridgehead atoms. The molecule has 2 aliphatic heterocycles. The predicted molar refractivity (Wildman–Crippen MR) is 134 cm³/mol. The maximum atomic E-state index is 11.6. The second-order valence-corrected chi connectivity index (χ2v) is 8.96. The monoisotopic (exact) mass is 461 g/mol. The van der Waals surface area contributed by atoms with Gasteiger partial charge in [0, 0.05) is 71.5 Å². The number of H-pyrrole nitrogens is 1. The van der Waals surface area contributed by atoms with E-state index in [4.69, 9.17) is 4.98 Å². The number of imidazole rings is 1. The molecule has 2 aromatic heterocycles. The van der Waals surface area contributed by atoms with Crippen LogP contribution < -0.4 is 20.0 Å². The van der Waals surface area contributed by atoms with Crippen molar-refractivity contribution < 1.29 is 4.79 Å². The van der Waals surface area contributed by atoms with Crippen molar-refractivity contribution in [3.8, 4) is 0 Å². The van der Waals surface area contributed by atoms with Crippen LogP contribution in [0.3, 0.4) is 0 Å². The number of aromatic nitrogens is 4.